The van der Waals surface area contributed by atoms with Gasteiger partial charge in [-0.2, -0.15) is 13.2 Å². The van der Waals surface area contributed by atoms with Crippen LogP contribution in [0.3, 0.4) is 0 Å². The Morgan fingerprint density at radius 1 is 1.48 bits per heavy atom. The number of pyridine rings is 1. The fraction of sp³-hybridized carbons (Fsp3) is 0.643. The highest BCUT2D eigenvalue weighted by Crippen LogP contribution is 2.36. The van der Waals surface area contributed by atoms with Crippen LogP contribution in [0.1, 0.15) is 38.2 Å². The molecule has 1 aliphatic carbocycles. The molecule has 0 aliphatic heterocycles. The van der Waals surface area contributed by atoms with E-state index in [1.54, 1.807) is 0 Å². The van der Waals surface area contributed by atoms with Crippen LogP contribution in [0.25, 0.3) is 0 Å². The van der Waals surface area contributed by atoms with E-state index in [-0.39, 0.29) is 18.2 Å². The first-order valence-electron chi connectivity index (χ1n) is 6.98. The molecule has 0 bridgehead atoms. The van der Waals surface area contributed by atoms with Crippen molar-refractivity contribution in [3.05, 3.63) is 17.7 Å². The third-order valence-electron chi connectivity index (χ3n) is 3.96. The molecule has 118 valence electrons. The summed E-state index contributed by atoms with van der Waals surface area (Å²) < 4.78 is 38.4. The average Bonchev–Trinajstić information content (AvgIpc) is 2.37. The Morgan fingerprint density at radius 2 is 2.19 bits per heavy atom. The van der Waals surface area contributed by atoms with Crippen molar-refractivity contribution in [1.29, 1.82) is 0 Å². The molecular formula is C14H20F3N3O. The molecule has 1 heterocycles. The van der Waals surface area contributed by atoms with Crippen molar-refractivity contribution in [2.24, 2.45) is 5.92 Å². The Balaban J connectivity index is 2.27. The van der Waals surface area contributed by atoms with Crippen molar-refractivity contribution in [2.45, 2.75) is 44.3 Å². The Morgan fingerprint density at radius 3 is 2.76 bits per heavy atom. The molecule has 2 unspecified atom stereocenters. The first-order chi connectivity index (χ1) is 9.74. The molecule has 2 atom stereocenters. The van der Waals surface area contributed by atoms with Crippen LogP contribution in [-0.2, 0) is 6.18 Å². The van der Waals surface area contributed by atoms with E-state index in [0.717, 1.165) is 25.0 Å². The van der Waals surface area contributed by atoms with E-state index >= 15 is 0 Å². The second kappa shape index (κ2) is 5.71. The highest BCUT2D eigenvalue weighted by molar-refractivity contribution is 5.49. The van der Waals surface area contributed by atoms with Crippen LogP contribution in [0.4, 0.5) is 24.8 Å². The van der Waals surface area contributed by atoms with Gasteiger partial charge in [-0.3, -0.25) is 0 Å². The van der Waals surface area contributed by atoms with Gasteiger partial charge in [-0.1, -0.05) is 19.8 Å². The van der Waals surface area contributed by atoms with Crippen LogP contribution >= 0.6 is 0 Å². The molecule has 0 saturated heterocycles. The van der Waals surface area contributed by atoms with Crippen LogP contribution in [0.2, 0.25) is 0 Å². The van der Waals surface area contributed by atoms with Gasteiger partial charge < -0.3 is 16.2 Å². The molecular weight excluding hydrogens is 283 g/mol. The Bertz CT molecular complexity index is 507. The number of nitrogens with one attached hydrogen (secondary N) is 1. The molecule has 1 saturated carbocycles. The van der Waals surface area contributed by atoms with Crippen molar-refractivity contribution in [2.75, 3.05) is 17.7 Å². The molecule has 4 nitrogen and oxygen atoms in total. The fourth-order valence-corrected chi connectivity index (χ4v) is 3.01. The summed E-state index contributed by atoms with van der Waals surface area (Å²) >= 11 is 0. The predicted octanol–water partition coefficient (Wildman–Crippen LogP) is 3.04. The van der Waals surface area contributed by atoms with Gasteiger partial charge in [0.1, 0.15) is 11.6 Å². The Hall–Kier alpha value is -1.50. The van der Waals surface area contributed by atoms with Gasteiger partial charge >= 0.3 is 6.18 Å². The summed E-state index contributed by atoms with van der Waals surface area (Å²) in [6.45, 7) is 1.92. The number of anilines is 2. The maximum Gasteiger partial charge on any atom is 0.416 e. The quantitative estimate of drug-likeness (QED) is 0.802. The van der Waals surface area contributed by atoms with Crippen molar-refractivity contribution >= 4 is 11.6 Å². The van der Waals surface area contributed by atoms with Gasteiger partial charge in [0, 0.05) is 0 Å². The monoisotopic (exact) mass is 303 g/mol. The predicted molar refractivity (Wildman–Crippen MR) is 74.7 cm³/mol. The van der Waals surface area contributed by atoms with E-state index in [1.807, 2.05) is 0 Å². The van der Waals surface area contributed by atoms with Crippen molar-refractivity contribution < 1.29 is 18.3 Å². The molecule has 0 aromatic carbocycles. The number of nitrogens with zero attached hydrogens (tertiary/aromatic N) is 1. The molecule has 1 fully saturated rings. The third kappa shape index (κ3) is 3.78. The van der Waals surface area contributed by atoms with E-state index in [0.29, 0.717) is 18.8 Å². The zero-order chi connectivity index (χ0) is 15.7. The van der Waals surface area contributed by atoms with Crippen molar-refractivity contribution in [3.8, 4) is 0 Å². The topological polar surface area (TPSA) is 71.2 Å². The number of nitrogens with two attached hydrogens (primary N) is 1. The summed E-state index contributed by atoms with van der Waals surface area (Å²) in [6, 6.07) is 1.74. The standard InChI is InChI=1S/C14H20F3N3O/c1-9-3-2-4-13(7-9,8-21)20-12-6-10(14(15,16)17)5-11(18)19-12/h5-6,9,21H,2-4,7-8H2,1H3,(H3,18,19,20). The summed E-state index contributed by atoms with van der Waals surface area (Å²) in [5, 5.41) is 12.7. The first kappa shape index (κ1) is 15.9. The summed E-state index contributed by atoms with van der Waals surface area (Å²) in [4.78, 5) is 3.92. The van der Waals surface area contributed by atoms with E-state index in [4.69, 9.17) is 5.73 Å². The number of aromatic nitrogens is 1. The molecule has 0 amide bonds. The minimum Gasteiger partial charge on any atom is -0.394 e. The zero-order valence-electron chi connectivity index (χ0n) is 11.9. The fourth-order valence-electron chi connectivity index (χ4n) is 3.01. The molecule has 1 aromatic heterocycles. The normalized spacial score (nSPS) is 26.6. The number of nitrogen functional groups attached to an aromatic ring is 1. The van der Waals surface area contributed by atoms with Gasteiger partial charge in [-0.05, 0) is 30.9 Å². The van der Waals surface area contributed by atoms with Gasteiger partial charge in [0.05, 0.1) is 17.7 Å². The van der Waals surface area contributed by atoms with Crippen molar-refractivity contribution in [1.82, 2.24) is 4.98 Å². The largest absolute Gasteiger partial charge is 0.416 e. The number of hydrogen-bond donors (Lipinski definition) is 3. The van der Waals surface area contributed by atoms with Gasteiger partial charge in [0.2, 0.25) is 0 Å². The lowest BCUT2D eigenvalue weighted by molar-refractivity contribution is -0.137. The molecule has 21 heavy (non-hydrogen) atoms. The second-order valence-corrected chi connectivity index (χ2v) is 5.93. The Kier molecular flexibility index (Phi) is 4.32. The second-order valence-electron chi connectivity index (χ2n) is 5.93. The number of aliphatic hydroxyl groups excluding tert-OH is 1. The van der Waals surface area contributed by atoms with Crippen LogP contribution in [-0.4, -0.2) is 22.2 Å². The van der Waals surface area contributed by atoms with Crippen LogP contribution in [0.15, 0.2) is 12.1 Å². The molecule has 1 aliphatic rings. The maximum atomic E-state index is 12.8. The maximum absolute atomic E-state index is 12.8. The lowest BCUT2D eigenvalue weighted by Gasteiger charge is -2.39. The minimum absolute atomic E-state index is 0.0606. The van der Waals surface area contributed by atoms with Crippen molar-refractivity contribution in [3.63, 3.8) is 0 Å². The molecule has 2 rings (SSSR count). The zero-order valence-corrected chi connectivity index (χ0v) is 11.9. The van der Waals surface area contributed by atoms with Crippen LogP contribution in [0, 0.1) is 5.92 Å². The van der Waals surface area contributed by atoms with E-state index in [2.05, 4.69) is 17.2 Å². The molecule has 0 radical (unpaired) electrons. The summed E-state index contributed by atoms with van der Waals surface area (Å²) in [6.07, 6.45) is -1.10. The highest BCUT2D eigenvalue weighted by atomic mass is 19.4. The SMILES string of the molecule is CC1CCCC(CO)(Nc2cc(C(F)(F)F)cc(N)n2)C1. The first-order valence-corrected chi connectivity index (χ1v) is 6.98. The molecule has 4 N–H and O–H groups in total. The molecule has 0 spiro atoms. The number of alkyl halides is 3. The van der Waals surface area contributed by atoms with E-state index in [9.17, 15) is 18.3 Å². The smallest absolute Gasteiger partial charge is 0.394 e. The van der Waals surface area contributed by atoms with Crippen LogP contribution < -0.4 is 11.1 Å². The Labute approximate surface area is 121 Å². The third-order valence-corrected chi connectivity index (χ3v) is 3.96. The number of halogens is 3. The number of aliphatic hydroxyl groups is 1. The summed E-state index contributed by atoms with van der Waals surface area (Å²) in [5.41, 5.74) is 4.00. The highest BCUT2D eigenvalue weighted by Gasteiger charge is 2.36. The van der Waals surface area contributed by atoms with Gasteiger partial charge in [-0.25, -0.2) is 4.98 Å². The number of hydrogen-bond acceptors (Lipinski definition) is 4. The van der Waals surface area contributed by atoms with E-state index < -0.39 is 17.3 Å². The average molecular weight is 303 g/mol. The van der Waals surface area contributed by atoms with Crippen LogP contribution in [0.5, 0.6) is 0 Å². The molecule has 7 heteroatoms. The van der Waals surface area contributed by atoms with Gasteiger partial charge in [-0.15, -0.1) is 0 Å². The van der Waals surface area contributed by atoms with Gasteiger partial charge in [0.15, 0.2) is 0 Å². The molecule has 1 aromatic rings. The summed E-state index contributed by atoms with van der Waals surface area (Å²) in [5.74, 6) is 0.274. The number of rotatable bonds is 3. The van der Waals surface area contributed by atoms with E-state index in [1.165, 1.54) is 0 Å². The lowest BCUT2D eigenvalue weighted by Crippen LogP contribution is -2.46. The minimum atomic E-state index is -4.47. The van der Waals surface area contributed by atoms with Gasteiger partial charge in [0.25, 0.3) is 0 Å². The summed E-state index contributed by atoms with van der Waals surface area (Å²) in [7, 11) is 0. The lowest BCUT2D eigenvalue weighted by atomic mass is 9.77.